The molecule has 1 aromatic heterocycles. The summed E-state index contributed by atoms with van der Waals surface area (Å²) < 4.78 is 13.1. The van der Waals surface area contributed by atoms with E-state index in [1.54, 1.807) is 6.07 Å². The smallest absolute Gasteiger partial charge is 0.148 e. The molecule has 1 aromatic carbocycles. The zero-order valence-corrected chi connectivity index (χ0v) is 12.5. The third-order valence-electron chi connectivity index (χ3n) is 3.39. The number of hydrogen-bond acceptors (Lipinski definition) is 5. The van der Waals surface area contributed by atoms with Gasteiger partial charge >= 0.3 is 0 Å². The predicted molar refractivity (Wildman–Crippen MR) is 82.6 cm³/mol. The molecule has 0 aliphatic carbocycles. The van der Waals surface area contributed by atoms with Crippen molar-refractivity contribution < 1.29 is 4.39 Å². The highest BCUT2D eigenvalue weighted by molar-refractivity contribution is 5.56. The van der Waals surface area contributed by atoms with Gasteiger partial charge in [0, 0.05) is 12.1 Å². The molecule has 1 heterocycles. The number of aryl methyl sites for hydroxylation is 2. The Hall–Kier alpha value is -2.21. The number of hydrogen-bond donors (Lipinski definition) is 3. The van der Waals surface area contributed by atoms with Crippen LogP contribution in [0.15, 0.2) is 18.2 Å². The highest BCUT2D eigenvalue weighted by Crippen LogP contribution is 2.19. The van der Waals surface area contributed by atoms with E-state index >= 15 is 0 Å². The molecule has 0 aliphatic heterocycles. The number of nitrogen functional groups attached to an aromatic ring is 1. The van der Waals surface area contributed by atoms with Crippen molar-refractivity contribution in [3.05, 3.63) is 46.5 Å². The number of nitrogens with one attached hydrogen (secondary N) is 2. The molecule has 0 bridgehead atoms. The van der Waals surface area contributed by atoms with Crippen molar-refractivity contribution in [2.75, 3.05) is 17.3 Å². The minimum absolute atomic E-state index is 0.204. The summed E-state index contributed by atoms with van der Waals surface area (Å²) in [5.74, 6) is 7.26. The minimum Gasteiger partial charge on any atom is -0.369 e. The van der Waals surface area contributed by atoms with Crippen molar-refractivity contribution in [1.29, 1.82) is 0 Å². The van der Waals surface area contributed by atoms with E-state index in [-0.39, 0.29) is 5.82 Å². The molecule has 0 spiro atoms. The Morgan fingerprint density at radius 2 is 1.86 bits per heavy atom. The van der Waals surface area contributed by atoms with E-state index in [0.29, 0.717) is 18.2 Å². The number of hydrazine groups is 1. The van der Waals surface area contributed by atoms with Crippen molar-refractivity contribution >= 4 is 11.6 Å². The number of halogens is 1. The molecule has 0 amide bonds. The van der Waals surface area contributed by atoms with Gasteiger partial charge in [-0.15, -0.1) is 0 Å². The summed E-state index contributed by atoms with van der Waals surface area (Å²) in [5.41, 5.74) is 5.51. The Kier molecular flexibility index (Phi) is 4.70. The van der Waals surface area contributed by atoms with E-state index in [9.17, 15) is 4.39 Å². The first-order chi connectivity index (χ1) is 10.0. The SMILES string of the molecule is Cc1nc(NN)c(C)c(NCCc2ccc(F)cc2C)n1. The lowest BCUT2D eigenvalue weighted by atomic mass is 10.1. The van der Waals surface area contributed by atoms with Gasteiger partial charge in [0.1, 0.15) is 23.3 Å². The monoisotopic (exact) mass is 289 g/mol. The molecule has 2 aromatic rings. The zero-order valence-electron chi connectivity index (χ0n) is 12.5. The van der Waals surface area contributed by atoms with Crippen LogP contribution in [0.25, 0.3) is 0 Å². The van der Waals surface area contributed by atoms with Gasteiger partial charge < -0.3 is 10.7 Å². The highest BCUT2D eigenvalue weighted by atomic mass is 19.1. The van der Waals surface area contributed by atoms with Crippen molar-refractivity contribution in [1.82, 2.24) is 9.97 Å². The maximum atomic E-state index is 13.1. The number of benzene rings is 1. The Morgan fingerprint density at radius 1 is 1.14 bits per heavy atom. The Bertz CT molecular complexity index is 642. The highest BCUT2D eigenvalue weighted by Gasteiger charge is 2.08. The van der Waals surface area contributed by atoms with Crippen LogP contribution in [0.3, 0.4) is 0 Å². The molecule has 0 saturated carbocycles. The van der Waals surface area contributed by atoms with Crippen LogP contribution in [0.5, 0.6) is 0 Å². The Labute approximate surface area is 123 Å². The van der Waals surface area contributed by atoms with E-state index in [1.807, 2.05) is 26.8 Å². The lowest BCUT2D eigenvalue weighted by Crippen LogP contribution is -2.15. The first-order valence-corrected chi connectivity index (χ1v) is 6.82. The van der Waals surface area contributed by atoms with Gasteiger partial charge in [0.2, 0.25) is 0 Å². The molecule has 2 rings (SSSR count). The first kappa shape index (κ1) is 15.2. The second-order valence-corrected chi connectivity index (χ2v) is 4.98. The molecule has 0 unspecified atom stereocenters. The molecule has 5 nitrogen and oxygen atoms in total. The zero-order chi connectivity index (χ0) is 15.4. The topological polar surface area (TPSA) is 75.9 Å². The van der Waals surface area contributed by atoms with E-state index in [4.69, 9.17) is 5.84 Å². The van der Waals surface area contributed by atoms with Crippen LogP contribution in [0, 0.1) is 26.6 Å². The molecular formula is C15H20FN5. The Balaban J connectivity index is 2.05. The normalized spacial score (nSPS) is 10.5. The summed E-state index contributed by atoms with van der Waals surface area (Å²) in [4.78, 5) is 8.58. The van der Waals surface area contributed by atoms with Crippen molar-refractivity contribution in [2.24, 2.45) is 5.84 Å². The van der Waals surface area contributed by atoms with Crippen molar-refractivity contribution in [3.63, 3.8) is 0 Å². The number of aromatic nitrogens is 2. The molecule has 21 heavy (non-hydrogen) atoms. The summed E-state index contributed by atoms with van der Waals surface area (Å²) in [6.45, 7) is 6.33. The first-order valence-electron chi connectivity index (χ1n) is 6.82. The van der Waals surface area contributed by atoms with Gasteiger partial charge in [-0.25, -0.2) is 20.2 Å². The van der Waals surface area contributed by atoms with Gasteiger partial charge in [0.05, 0.1) is 0 Å². The van der Waals surface area contributed by atoms with Crippen LogP contribution < -0.4 is 16.6 Å². The Morgan fingerprint density at radius 3 is 2.52 bits per heavy atom. The molecule has 0 radical (unpaired) electrons. The van der Waals surface area contributed by atoms with E-state index in [2.05, 4.69) is 20.7 Å². The van der Waals surface area contributed by atoms with E-state index < -0.39 is 0 Å². The fourth-order valence-corrected chi connectivity index (χ4v) is 2.20. The maximum absolute atomic E-state index is 13.1. The number of anilines is 2. The van der Waals surface area contributed by atoms with Gasteiger partial charge in [0.15, 0.2) is 0 Å². The molecule has 4 N–H and O–H groups in total. The molecule has 0 fully saturated rings. The van der Waals surface area contributed by atoms with Gasteiger partial charge in [0.25, 0.3) is 0 Å². The second kappa shape index (κ2) is 6.49. The quantitative estimate of drug-likeness (QED) is 0.582. The van der Waals surface area contributed by atoms with Crippen molar-refractivity contribution in [2.45, 2.75) is 27.2 Å². The summed E-state index contributed by atoms with van der Waals surface area (Å²) in [5, 5.41) is 3.28. The second-order valence-electron chi connectivity index (χ2n) is 4.98. The fraction of sp³-hybridized carbons (Fsp3) is 0.333. The average Bonchev–Trinajstić information content (AvgIpc) is 2.44. The van der Waals surface area contributed by atoms with Gasteiger partial charge in [-0.05, 0) is 50.5 Å². The number of nitrogens with zero attached hydrogens (tertiary/aromatic N) is 2. The van der Waals surface area contributed by atoms with Crippen LogP contribution in [0.2, 0.25) is 0 Å². The molecule has 0 atom stereocenters. The third-order valence-corrected chi connectivity index (χ3v) is 3.39. The average molecular weight is 289 g/mol. The molecule has 0 aliphatic rings. The van der Waals surface area contributed by atoms with E-state index in [1.165, 1.54) is 6.07 Å². The summed E-state index contributed by atoms with van der Waals surface area (Å²) in [6.07, 6.45) is 0.792. The summed E-state index contributed by atoms with van der Waals surface area (Å²) in [7, 11) is 0. The van der Waals surface area contributed by atoms with Crippen LogP contribution >= 0.6 is 0 Å². The van der Waals surface area contributed by atoms with Crippen LogP contribution in [0.1, 0.15) is 22.5 Å². The summed E-state index contributed by atoms with van der Waals surface area (Å²) >= 11 is 0. The third kappa shape index (κ3) is 3.66. The van der Waals surface area contributed by atoms with Crippen LogP contribution in [-0.4, -0.2) is 16.5 Å². The lowest BCUT2D eigenvalue weighted by molar-refractivity contribution is 0.625. The van der Waals surface area contributed by atoms with Crippen LogP contribution in [0.4, 0.5) is 16.0 Å². The molecule has 112 valence electrons. The fourth-order valence-electron chi connectivity index (χ4n) is 2.20. The molecule has 0 saturated heterocycles. The number of nitrogens with two attached hydrogens (primary N) is 1. The molecule has 6 heteroatoms. The van der Waals surface area contributed by atoms with Crippen molar-refractivity contribution in [3.8, 4) is 0 Å². The largest absolute Gasteiger partial charge is 0.369 e. The standard InChI is InChI=1S/C15H20FN5/c1-9-8-13(16)5-4-12(9)6-7-18-14-10(2)15(21-17)20-11(3)19-14/h4-5,8H,6-7,17H2,1-3H3,(H2,18,19,20,21). The van der Waals surface area contributed by atoms with E-state index in [0.717, 1.165) is 28.9 Å². The van der Waals surface area contributed by atoms with Crippen LogP contribution in [-0.2, 0) is 6.42 Å². The summed E-state index contributed by atoms with van der Waals surface area (Å²) in [6, 6.07) is 4.85. The maximum Gasteiger partial charge on any atom is 0.148 e. The predicted octanol–water partition coefficient (Wildman–Crippen LogP) is 2.48. The minimum atomic E-state index is -0.204. The van der Waals surface area contributed by atoms with Gasteiger partial charge in [-0.2, -0.15) is 0 Å². The number of rotatable bonds is 5. The van der Waals surface area contributed by atoms with Gasteiger partial charge in [-0.1, -0.05) is 6.07 Å². The van der Waals surface area contributed by atoms with Gasteiger partial charge in [-0.3, -0.25) is 0 Å². The lowest BCUT2D eigenvalue weighted by Gasteiger charge is -2.13. The molecular weight excluding hydrogens is 269 g/mol.